The predicted molar refractivity (Wildman–Crippen MR) is 113 cm³/mol. The number of hydrogen-bond acceptors (Lipinski definition) is 3. The number of phenolic OH excluding ortho intramolecular Hbond substituents is 1. The Morgan fingerprint density at radius 3 is 2.46 bits per heavy atom. The number of hydrogen-bond donors (Lipinski definition) is 2. The van der Waals surface area contributed by atoms with Gasteiger partial charge in [0.15, 0.2) is 11.6 Å². The molecule has 28 heavy (non-hydrogen) atoms. The maximum absolute atomic E-state index is 14.2. The standard InChI is InChI=1S/C22H23FN2O2S/c1-4-5-15(21(24)27)20-13(3)25(18-11-17(23)19(26)10-16(18)20)22(28)14-8-6-12(2)7-9-14/h6-11,15,26H,4-5H2,1-3H3,(H2,24,27). The Hall–Kier alpha value is -2.73. The smallest absolute Gasteiger partial charge is 0.225 e. The van der Waals surface area contributed by atoms with E-state index in [2.05, 4.69) is 0 Å². The molecular formula is C22H23FN2O2S. The normalized spacial score (nSPS) is 12.3. The zero-order valence-corrected chi connectivity index (χ0v) is 16.9. The molecule has 1 amide bonds. The Kier molecular flexibility index (Phi) is 5.52. The number of primary amides is 1. The van der Waals surface area contributed by atoms with Crippen LogP contribution in [0, 0.1) is 19.7 Å². The van der Waals surface area contributed by atoms with Gasteiger partial charge in [-0.2, -0.15) is 0 Å². The SMILES string of the molecule is CCCC(C(N)=O)c1c(C)n(C(=S)c2ccc(C)cc2)c2cc(F)c(O)cc12. The van der Waals surface area contributed by atoms with Gasteiger partial charge in [-0.05, 0) is 31.9 Å². The third kappa shape index (κ3) is 3.40. The summed E-state index contributed by atoms with van der Waals surface area (Å²) in [4.78, 5) is 12.7. The van der Waals surface area contributed by atoms with E-state index in [1.165, 1.54) is 12.1 Å². The second-order valence-electron chi connectivity index (χ2n) is 7.07. The number of thiocarbonyl (C=S) groups is 1. The summed E-state index contributed by atoms with van der Waals surface area (Å²) in [7, 11) is 0. The molecule has 1 atom stereocenters. The fourth-order valence-electron chi connectivity index (χ4n) is 3.69. The Morgan fingerprint density at radius 2 is 1.89 bits per heavy atom. The van der Waals surface area contributed by atoms with Crippen LogP contribution in [-0.4, -0.2) is 20.6 Å². The summed E-state index contributed by atoms with van der Waals surface area (Å²) in [5, 5.41) is 10.5. The van der Waals surface area contributed by atoms with Gasteiger partial charge in [-0.15, -0.1) is 0 Å². The lowest BCUT2D eigenvalue weighted by molar-refractivity contribution is -0.119. The predicted octanol–water partition coefficient (Wildman–Crippen LogP) is 4.70. The van der Waals surface area contributed by atoms with E-state index in [1.54, 1.807) is 4.57 Å². The second-order valence-corrected chi connectivity index (χ2v) is 7.46. The number of nitrogens with two attached hydrogens (primary N) is 1. The topological polar surface area (TPSA) is 68.2 Å². The minimum Gasteiger partial charge on any atom is -0.505 e. The molecule has 146 valence electrons. The molecule has 4 nitrogen and oxygen atoms in total. The van der Waals surface area contributed by atoms with Crippen LogP contribution < -0.4 is 5.73 Å². The maximum atomic E-state index is 14.2. The van der Waals surface area contributed by atoms with Gasteiger partial charge in [-0.1, -0.05) is 55.4 Å². The van der Waals surface area contributed by atoms with E-state index >= 15 is 0 Å². The highest BCUT2D eigenvalue weighted by molar-refractivity contribution is 7.80. The minimum absolute atomic E-state index is 0.450. The molecule has 0 aliphatic carbocycles. The fourth-order valence-corrected chi connectivity index (χ4v) is 4.06. The Morgan fingerprint density at radius 1 is 1.25 bits per heavy atom. The number of carbonyl (C=O) groups excluding carboxylic acids is 1. The number of fused-ring (bicyclic) bond motifs is 1. The number of aromatic hydroxyl groups is 1. The van der Waals surface area contributed by atoms with Gasteiger partial charge in [0.1, 0.15) is 4.99 Å². The molecule has 1 heterocycles. The molecule has 2 aromatic carbocycles. The molecule has 0 spiro atoms. The Bertz CT molecular complexity index is 1070. The molecule has 3 N–H and O–H groups in total. The van der Waals surface area contributed by atoms with Crippen molar-refractivity contribution in [1.82, 2.24) is 4.57 Å². The van der Waals surface area contributed by atoms with Gasteiger partial charge in [0.2, 0.25) is 5.91 Å². The van der Waals surface area contributed by atoms with E-state index < -0.39 is 23.4 Å². The Labute approximate surface area is 168 Å². The van der Waals surface area contributed by atoms with Crippen molar-refractivity contribution in [3.05, 3.63) is 64.6 Å². The first-order chi connectivity index (χ1) is 13.3. The first-order valence-corrected chi connectivity index (χ1v) is 9.61. The summed E-state index contributed by atoms with van der Waals surface area (Å²) in [6.07, 6.45) is 1.32. The van der Waals surface area contributed by atoms with Crippen molar-refractivity contribution in [2.24, 2.45) is 5.73 Å². The van der Waals surface area contributed by atoms with Gasteiger partial charge in [0, 0.05) is 22.7 Å². The second kappa shape index (κ2) is 7.72. The third-order valence-corrected chi connectivity index (χ3v) is 5.51. The van der Waals surface area contributed by atoms with E-state index in [-0.39, 0.29) is 0 Å². The first-order valence-electron chi connectivity index (χ1n) is 9.20. The molecular weight excluding hydrogens is 375 g/mol. The molecule has 3 rings (SSSR count). The zero-order valence-electron chi connectivity index (χ0n) is 16.1. The van der Waals surface area contributed by atoms with Crippen LogP contribution in [0.4, 0.5) is 4.39 Å². The number of amides is 1. The highest BCUT2D eigenvalue weighted by Crippen LogP contribution is 2.37. The van der Waals surface area contributed by atoms with Gasteiger partial charge in [-0.25, -0.2) is 4.39 Å². The summed E-state index contributed by atoms with van der Waals surface area (Å²) < 4.78 is 16.0. The summed E-state index contributed by atoms with van der Waals surface area (Å²) in [6, 6.07) is 10.4. The van der Waals surface area contributed by atoms with E-state index in [0.29, 0.717) is 27.9 Å². The average molecular weight is 399 g/mol. The number of nitrogens with zero attached hydrogens (tertiary/aromatic N) is 1. The summed E-state index contributed by atoms with van der Waals surface area (Å²) in [5.41, 5.74) is 9.52. The largest absolute Gasteiger partial charge is 0.505 e. The molecule has 1 aromatic heterocycles. The highest BCUT2D eigenvalue weighted by atomic mass is 32.1. The molecule has 0 radical (unpaired) electrons. The van der Waals surface area contributed by atoms with Gasteiger partial charge < -0.3 is 15.4 Å². The molecule has 6 heteroatoms. The van der Waals surface area contributed by atoms with E-state index in [4.69, 9.17) is 18.0 Å². The molecule has 0 aliphatic heterocycles. The van der Waals surface area contributed by atoms with Gasteiger partial charge in [-0.3, -0.25) is 4.79 Å². The van der Waals surface area contributed by atoms with E-state index in [1.807, 2.05) is 45.0 Å². The monoisotopic (exact) mass is 398 g/mol. The lowest BCUT2D eigenvalue weighted by Crippen LogP contribution is -2.22. The van der Waals surface area contributed by atoms with Crippen LogP contribution >= 0.6 is 12.2 Å². The van der Waals surface area contributed by atoms with Crippen LogP contribution in [0.15, 0.2) is 36.4 Å². The van der Waals surface area contributed by atoms with Gasteiger partial charge in [0.25, 0.3) is 0 Å². The van der Waals surface area contributed by atoms with Crippen LogP contribution in [0.1, 0.15) is 48.1 Å². The molecule has 3 aromatic rings. The summed E-state index contributed by atoms with van der Waals surface area (Å²) in [6.45, 7) is 5.80. The quantitative estimate of drug-likeness (QED) is 0.613. The average Bonchev–Trinajstić information content (AvgIpc) is 2.91. The molecule has 1 unspecified atom stereocenters. The summed E-state index contributed by atoms with van der Waals surface area (Å²) in [5.74, 6) is -2.20. The highest BCUT2D eigenvalue weighted by Gasteiger charge is 2.27. The van der Waals surface area contributed by atoms with Crippen LogP contribution in [0.3, 0.4) is 0 Å². The van der Waals surface area contributed by atoms with E-state index in [0.717, 1.165) is 23.2 Å². The van der Waals surface area contributed by atoms with Gasteiger partial charge in [0.05, 0.1) is 11.4 Å². The van der Waals surface area contributed by atoms with Crippen molar-refractivity contribution in [2.75, 3.05) is 0 Å². The minimum atomic E-state index is -0.740. The lowest BCUT2D eigenvalue weighted by Gasteiger charge is -2.15. The number of aryl methyl sites for hydroxylation is 1. The van der Waals surface area contributed by atoms with Crippen LogP contribution in [0.5, 0.6) is 5.75 Å². The molecule has 0 aliphatic rings. The maximum Gasteiger partial charge on any atom is 0.225 e. The number of phenols is 1. The number of halogens is 1. The zero-order chi connectivity index (χ0) is 20.6. The fraction of sp³-hybridized carbons (Fsp3) is 0.273. The van der Waals surface area contributed by atoms with E-state index in [9.17, 15) is 14.3 Å². The number of carbonyl (C=O) groups is 1. The van der Waals surface area contributed by atoms with Crippen LogP contribution in [0.2, 0.25) is 0 Å². The van der Waals surface area contributed by atoms with Crippen molar-refractivity contribution < 1.29 is 14.3 Å². The molecule has 0 saturated carbocycles. The number of rotatable bonds is 5. The molecule has 0 saturated heterocycles. The van der Waals surface area contributed by atoms with Crippen LogP contribution in [-0.2, 0) is 4.79 Å². The van der Waals surface area contributed by atoms with Crippen LogP contribution in [0.25, 0.3) is 10.9 Å². The van der Waals surface area contributed by atoms with Gasteiger partial charge >= 0.3 is 0 Å². The van der Waals surface area contributed by atoms with Crippen molar-refractivity contribution in [3.8, 4) is 5.75 Å². The molecule has 0 bridgehead atoms. The Balaban J connectivity index is 2.32. The summed E-state index contributed by atoms with van der Waals surface area (Å²) >= 11 is 5.71. The van der Waals surface area contributed by atoms with Crippen molar-refractivity contribution in [1.29, 1.82) is 0 Å². The van der Waals surface area contributed by atoms with Crippen molar-refractivity contribution in [3.63, 3.8) is 0 Å². The lowest BCUT2D eigenvalue weighted by atomic mass is 9.91. The first kappa shape index (κ1) is 20.0. The molecule has 0 fully saturated rings. The third-order valence-electron chi connectivity index (χ3n) is 5.09. The van der Waals surface area contributed by atoms with Crippen molar-refractivity contribution >= 4 is 34.0 Å². The van der Waals surface area contributed by atoms with Crippen molar-refractivity contribution in [2.45, 2.75) is 39.5 Å². The number of benzene rings is 2. The number of aromatic nitrogens is 1.